The standard InChI is InChI=1S/C17H22N2O/c18-13-7-9-14-8-5-6-12-16(14)17(20)19-15-10-3-1-2-4-11-15/h5-6,8,12,15H,1-4,10-11,13,18H2,(H,19,20). The van der Waals surface area contributed by atoms with Crippen LogP contribution < -0.4 is 11.1 Å². The van der Waals surface area contributed by atoms with Crippen LogP contribution in [0.3, 0.4) is 0 Å². The summed E-state index contributed by atoms with van der Waals surface area (Å²) in [7, 11) is 0. The molecule has 3 nitrogen and oxygen atoms in total. The summed E-state index contributed by atoms with van der Waals surface area (Å²) in [5.74, 6) is 5.76. The molecular formula is C17H22N2O. The summed E-state index contributed by atoms with van der Waals surface area (Å²) in [5, 5.41) is 3.15. The Kier molecular flexibility index (Phi) is 5.64. The molecule has 0 atom stereocenters. The Morgan fingerprint density at radius 3 is 2.60 bits per heavy atom. The Labute approximate surface area is 120 Å². The molecule has 0 bridgehead atoms. The van der Waals surface area contributed by atoms with Gasteiger partial charge in [-0.15, -0.1) is 0 Å². The minimum atomic E-state index is -0.0150. The lowest BCUT2D eigenvalue weighted by molar-refractivity contribution is 0.0933. The minimum Gasteiger partial charge on any atom is -0.349 e. The third-order valence-corrected chi connectivity index (χ3v) is 3.69. The van der Waals surface area contributed by atoms with Crippen LogP contribution in [0.5, 0.6) is 0 Å². The molecule has 0 heterocycles. The van der Waals surface area contributed by atoms with Gasteiger partial charge in [0.2, 0.25) is 0 Å². The largest absolute Gasteiger partial charge is 0.349 e. The molecule has 2 rings (SSSR count). The molecule has 0 spiro atoms. The van der Waals surface area contributed by atoms with Crippen LogP contribution in [0.4, 0.5) is 0 Å². The van der Waals surface area contributed by atoms with Crippen molar-refractivity contribution in [3.8, 4) is 11.8 Å². The van der Waals surface area contributed by atoms with Gasteiger partial charge in [0.25, 0.3) is 5.91 Å². The second-order valence-electron chi connectivity index (χ2n) is 5.21. The van der Waals surface area contributed by atoms with Gasteiger partial charge < -0.3 is 11.1 Å². The molecule has 1 aliphatic carbocycles. The van der Waals surface area contributed by atoms with E-state index in [-0.39, 0.29) is 5.91 Å². The second kappa shape index (κ2) is 7.72. The highest BCUT2D eigenvalue weighted by molar-refractivity contribution is 5.96. The first-order chi connectivity index (χ1) is 9.81. The van der Waals surface area contributed by atoms with Crippen molar-refractivity contribution < 1.29 is 4.79 Å². The van der Waals surface area contributed by atoms with Gasteiger partial charge in [0.15, 0.2) is 0 Å². The average molecular weight is 270 g/mol. The monoisotopic (exact) mass is 270 g/mol. The quantitative estimate of drug-likeness (QED) is 0.640. The minimum absolute atomic E-state index is 0.0150. The van der Waals surface area contributed by atoms with Crippen LogP contribution in [0.2, 0.25) is 0 Å². The zero-order valence-electron chi connectivity index (χ0n) is 11.8. The molecule has 106 valence electrons. The van der Waals surface area contributed by atoms with Crippen molar-refractivity contribution in [1.29, 1.82) is 0 Å². The Hall–Kier alpha value is -1.79. The van der Waals surface area contributed by atoms with E-state index in [0.717, 1.165) is 18.4 Å². The summed E-state index contributed by atoms with van der Waals surface area (Å²) in [6.07, 6.45) is 7.15. The fourth-order valence-electron chi connectivity index (χ4n) is 2.62. The van der Waals surface area contributed by atoms with Gasteiger partial charge in [0, 0.05) is 11.6 Å². The number of nitrogens with one attached hydrogen (secondary N) is 1. The number of rotatable bonds is 2. The van der Waals surface area contributed by atoms with Gasteiger partial charge in [0.05, 0.1) is 12.1 Å². The molecule has 3 heteroatoms. The van der Waals surface area contributed by atoms with Crippen LogP contribution >= 0.6 is 0 Å². The van der Waals surface area contributed by atoms with Crippen molar-refractivity contribution in [3.05, 3.63) is 35.4 Å². The molecule has 1 amide bonds. The van der Waals surface area contributed by atoms with E-state index in [1.165, 1.54) is 25.7 Å². The van der Waals surface area contributed by atoms with Gasteiger partial charge in [-0.1, -0.05) is 49.7 Å². The molecular weight excluding hydrogens is 248 g/mol. The maximum atomic E-state index is 12.4. The first kappa shape index (κ1) is 14.6. The van der Waals surface area contributed by atoms with Gasteiger partial charge in [-0.3, -0.25) is 4.79 Å². The molecule has 0 saturated heterocycles. The Bertz CT molecular complexity index is 505. The van der Waals surface area contributed by atoms with E-state index < -0.39 is 0 Å². The normalized spacial score (nSPS) is 15.8. The van der Waals surface area contributed by atoms with E-state index in [9.17, 15) is 4.79 Å². The summed E-state index contributed by atoms with van der Waals surface area (Å²) in [4.78, 5) is 12.4. The first-order valence-corrected chi connectivity index (χ1v) is 7.40. The number of hydrogen-bond acceptors (Lipinski definition) is 2. The lowest BCUT2D eigenvalue weighted by Gasteiger charge is -2.16. The molecule has 1 aromatic carbocycles. The predicted molar refractivity (Wildman–Crippen MR) is 81.3 cm³/mol. The molecule has 1 saturated carbocycles. The fraction of sp³-hybridized carbons (Fsp3) is 0.471. The second-order valence-corrected chi connectivity index (χ2v) is 5.21. The highest BCUT2D eigenvalue weighted by atomic mass is 16.1. The van der Waals surface area contributed by atoms with E-state index in [2.05, 4.69) is 17.2 Å². The number of benzene rings is 1. The molecule has 0 aromatic heterocycles. The van der Waals surface area contributed by atoms with E-state index in [1.54, 1.807) is 0 Å². The van der Waals surface area contributed by atoms with Gasteiger partial charge in [-0.25, -0.2) is 0 Å². The smallest absolute Gasteiger partial charge is 0.252 e. The van der Waals surface area contributed by atoms with E-state index >= 15 is 0 Å². The van der Waals surface area contributed by atoms with Crippen LogP contribution in [0.1, 0.15) is 54.4 Å². The maximum absolute atomic E-state index is 12.4. The Balaban J connectivity index is 2.08. The van der Waals surface area contributed by atoms with Gasteiger partial charge in [-0.05, 0) is 25.0 Å². The van der Waals surface area contributed by atoms with Crippen LogP contribution in [-0.2, 0) is 0 Å². The lowest BCUT2D eigenvalue weighted by Crippen LogP contribution is -2.34. The molecule has 0 unspecified atom stereocenters. The van der Waals surface area contributed by atoms with Gasteiger partial charge in [0.1, 0.15) is 0 Å². The summed E-state index contributed by atoms with van der Waals surface area (Å²) in [5.41, 5.74) is 6.80. The van der Waals surface area contributed by atoms with Crippen molar-refractivity contribution in [2.75, 3.05) is 6.54 Å². The van der Waals surface area contributed by atoms with E-state index in [4.69, 9.17) is 5.73 Å². The number of amides is 1. The predicted octanol–water partition coefficient (Wildman–Crippen LogP) is 2.45. The van der Waals surface area contributed by atoms with Crippen LogP contribution in [0, 0.1) is 11.8 Å². The van der Waals surface area contributed by atoms with Crippen molar-refractivity contribution in [1.82, 2.24) is 5.32 Å². The van der Waals surface area contributed by atoms with E-state index in [0.29, 0.717) is 18.2 Å². The molecule has 1 fully saturated rings. The number of nitrogens with two attached hydrogens (primary N) is 1. The van der Waals surface area contributed by atoms with Crippen LogP contribution in [0.25, 0.3) is 0 Å². The molecule has 0 aliphatic heterocycles. The van der Waals surface area contributed by atoms with E-state index in [1.807, 2.05) is 24.3 Å². The molecule has 0 radical (unpaired) electrons. The summed E-state index contributed by atoms with van der Waals surface area (Å²) in [6.45, 7) is 0.304. The molecule has 3 N–H and O–H groups in total. The molecule has 20 heavy (non-hydrogen) atoms. The average Bonchev–Trinajstić information content (AvgIpc) is 2.74. The topological polar surface area (TPSA) is 55.1 Å². The van der Waals surface area contributed by atoms with Crippen molar-refractivity contribution in [2.45, 2.75) is 44.6 Å². The van der Waals surface area contributed by atoms with Crippen molar-refractivity contribution in [3.63, 3.8) is 0 Å². The SMILES string of the molecule is NCC#Cc1ccccc1C(=O)NC1CCCCCC1. The molecule has 1 aliphatic rings. The summed E-state index contributed by atoms with van der Waals surface area (Å²) < 4.78 is 0. The van der Waals surface area contributed by atoms with Crippen molar-refractivity contribution >= 4 is 5.91 Å². The van der Waals surface area contributed by atoms with Crippen molar-refractivity contribution in [2.24, 2.45) is 5.73 Å². The highest BCUT2D eigenvalue weighted by Gasteiger charge is 2.17. The number of hydrogen-bond donors (Lipinski definition) is 2. The fourth-order valence-corrected chi connectivity index (χ4v) is 2.62. The third-order valence-electron chi connectivity index (χ3n) is 3.69. The van der Waals surface area contributed by atoms with Gasteiger partial charge >= 0.3 is 0 Å². The van der Waals surface area contributed by atoms with Gasteiger partial charge in [-0.2, -0.15) is 0 Å². The van der Waals surface area contributed by atoms with Crippen LogP contribution in [-0.4, -0.2) is 18.5 Å². The Morgan fingerprint density at radius 2 is 1.90 bits per heavy atom. The lowest BCUT2D eigenvalue weighted by atomic mass is 10.0. The van der Waals surface area contributed by atoms with Crippen LogP contribution in [0.15, 0.2) is 24.3 Å². The summed E-state index contributed by atoms with van der Waals surface area (Å²) in [6, 6.07) is 7.76. The number of carbonyl (C=O) groups excluding carboxylic acids is 1. The zero-order chi connectivity index (χ0) is 14.2. The number of carbonyl (C=O) groups is 1. The first-order valence-electron chi connectivity index (χ1n) is 7.40. The Morgan fingerprint density at radius 1 is 1.20 bits per heavy atom. The third kappa shape index (κ3) is 4.11. The molecule has 1 aromatic rings. The zero-order valence-corrected chi connectivity index (χ0v) is 11.8. The summed E-state index contributed by atoms with van der Waals surface area (Å²) >= 11 is 0. The maximum Gasteiger partial charge on any atom is 0.252 e. The highest BCUT2D eigenvalue weighted by Crippen LogP contribution is 2.18.